The SMILES string of the molecule is CC(C)=CCC/C(C)=C/CNC(=O)Nc1cccc(S(N)(=O)=O)c1. The Hall–Kier alpha value is -2.12. The third kappa shape index (κ3) is 7.94. The number of nitrogens with one attached hydrogen (secondary N) is 2. The summed E-state index contributed by atoms with van der Waals surface area (Å²) < 4.78 is 22.6. The Balaban J connectivity index is 2.48. The van der Waals surface area contributed by atoms with Gasteiger partial charge in [-0.25, -0.2) is 18.4 Å². The number of sulfonamides is 1. The number of rotatable bonds is 7. The van der Waals surface area contributed by atoms with Gasteiger partial charge in [0.25, 0.3) is 0 Å². The predicted octanol–water partition coefficient (Wildman–Crippen LogP) is 3.15. The topological polar surface area (TPSA) is 101 Å². The molecule has 0 saturated heterocycles. The van der Waals surface area contributed by atoms with Gasteiger partial charge in [-0.1, -0.05) is 29.4 Å². The van der Waals surface area contributed by atoms with Crippen LogP contribution in [0.2, 0.25) is 0 Å². The van der Waals surface area contributed by atoms with Gasteiger partial charge in [0, 0.05) is 12.2 Å². The van der Waals surface area contributed by atoms with Gasteiger partial charge >= 0.3 is 6.03 Å². The number of carbonyl (C=O) groups excluding carboxylic acids is 1. The van der Waals surface area contributed by atoms with Gasteiger partial charge in [-0.05, 0) is 51.8 Å². The Kier molecular flexibility index (Phi) is 7.67. The summed E-state index contributed by atoms with van der Waals surface area (Å²) in [5.41, 5.74) is 2.86. The molecule has 0 aromatic heterocycles. The Labute approximate surface area is 143 Å². The number of benzene rings is 1. The molecule has 0 saturated carbocycles. The van der Waals surface area contributed by atoms with Crippen LogP contribution >= 0.6 is 0 Å². The molecule has 0 heterocycles. The van der Waals surface area contributed by atoms with Gasteiger partial charge in [-0.15, -0.1) is 0 Å². The lowest BCUT2D eigenvalue weighted by Gasteiger charge is -2.07. The van der Waals surface area contributed by atoms with Crippen LogP contribution in [-0.4, -0.2) is 21.0 Å². The van der Waals surface area contributed by atoms with Gasteiger partial charge in [0.15, 0.2) is 0 Å². The van der Waals surface area contributed by atoms with Crippen LogP contribution < -0.4 is 15.8 Å². The highest BCUT2D eigenvalue weighted by atomic mass is 32.2. The summed E-state index contributed by atoms with van der Waals surface area (Å²) in [6, 6.07) is 5.39. The fourth-order valence-corrected chi connectivity index (χ4v) is 2.49. The molecule has 7 heteroatoms. The van der Waals surface area contributed by atoms with E-state index >= 15 is 0 Å². The molecule has 1 aromatic carbocycles. The van der Waals surface area contributed by atoms with E-state index in [1.165, 1.54) is 29.3 Å². The second-order valence-electron chi connectivity index (χ2n) is 5.78. The Bertz CT molecular complexity index is 733. The Morgan fingerprint density at radius 1 is 1.21 bits per heavy atom. The van der Waals surface area contributed by atoms with Crippen LogP contribution in [0.3, 0.4) is 0 Å². The van der Waals surface area contributed by atoms with Crippen LogP contribution in [-0.2, 0) is 10.0 Å². The average Bonchev–Trinajstić information content (AvgIpc) is 2.46. The van der Waals surface area contributed by atoms with E-state index in [1.54, 1.807) is 6.07 Å². The molecular formula is C17H25N3O3S. The molecule has 0 bridgehead atoms. The van der Waals surface area contributed by atoms with Gasteiger partial charge < -0.3 is 10.6 Å². The van der Waals surface area contributed by atoms with Crippen molar-refractivity contribution in [2.45, 2.75) is 38.5 Å². The Morgan fingerprint density at radius 2 is 1.92 bits per heavy atom. The molecule has 0 radical (unpaired) electrons. The molecule has 0 aliphatic carbocycles. The third-order valence-corrected chi connectivity index (χ3v) is 4.14. The molecule has 24 heavy (non-hydrogen) atoms. The minimum Gasteiger partial charge on any atom is -0.334 e. The van der Waals surface area contributed by atoms with Gasteiger partial charge in [0.2, 0.25) is 10.0 Å². The van der Waals surface area contributed by atoms with E-state index in [0.29, 0.717) is 12.2 Å². The van der Waals surface area contributed by atoms with Crippen molar-refractivity contribution in [3.8, 4) is 0 Å². The number of urea groups is 1. The predicted molar refractivity (Wildman–Crippen MR) is 97.3 cm³/mol. The lowest BCUT2D eigenvalue weighted by Crippen LogP contribution is -2.29. The average molecular weight is 351 g/mol. The zero-order valence-electron chi connectivity index (χ0n) is 14.3. The summed E-state index contributed by atoms with van der Waals surface area (Å²) in [6.07, 6.45) is 6.07. The maximum Gasteiger partial charge on any atom is 0.319 e. The van der Waals surface area contributed by atoms with E-state index in [0.717, 1.165) is 12.8 Å². The molecule has 0 unspecified atom stereocenters. The van der Waals surface area contributed by atoms with E-state index in [2.05, 4.69) is 30.6 Å². The van der Waals surface area contributed by atoms with Crippen LogP contribution in [0.25, 0.3) is 0 Å². The highest BCUT2D eigenvalue weighted by molar-refractivity contribution is 7.89. The molecule has 0 spiro atoms. The summed E-state index contributed by atoms with van der Waals surface area (Å²) in [6.45, 7) is 6.56. The van der Waals surface area contributed by atoms with Crippen molar-refractivity contribution in [2.75, 3.05) is 11.9 Å². The quantitative estimate of drug-likeness (QED) is 0.658. The van der Waals surface area contributed by atoms with E-state index in [9.17, 15) is 13.2 Å². The van der Waals surface area contributed by atoms with E-state index < -0.39 is 16.1 Å². The minimum atomic E-state index is -3.79. The maximum absolute atomic E-state index is 11.8. The molecule has 0 aliphatic rings. The van der Waals surface area contributed by atoms with Crippen molar-refractivity contribution < 1.29 is 13.2 Å². The number of carbonyl (C=O) groups is 1. The highest BCUT2D eigenvalue weighted by Crippen LogP contribution is 2.13. The fourth-order valence-electron chi connectivity index (χ4n) is 1.93. The number of amides is 2. The molecule has 132 valence electrons. The van der Waals surface area contributed by atoms with Crippen LogP contribution in [0.1, 0.15) is 33.6 Å². The fraction of sp³-hybridized carbons (Fsp3) is 0.353. The van der Waals surface area contributed by atoms with Gasteiger partial charge in [-0.3, -0.25) is 0 Å². The zero-order chi connectivity index (χ0) is 18.2. The van der Waals surface area contributed by atoms with Crippen LogP contribution in [0.5, 0.6) is 0 Å². The summed E-state index contributed by atoms with van der Waals surface area (Å²) in [7, 11) is -3.79. The first-order valence-corrected chi connectivity index (χ1v) is 9.20. The minimum absolute atomic E-state index is 0.0460. The van der Waals surface area contributed by atoms with Crippen molar-refractivity contribution in [1.29, 1.82) is 0 Å². The summed E-state index contributed by atoms with van der Waals surface area (Å²) in [4.78, 5) is 11.8. The normalized spacial score (nSPS) is 11.8. The van der Waals surface area contributed by atoms with Crippen molar-refractivity contribution >= 4 is 21.7 Å². The lowest BCUT2D eigenvalue weighted by molar-refractivity contribution is 0.253. The summed E-state index contributed by atoms with van der Waals surface area (Å²) in [5.74, 6) is 0. The second-order valence-corrected chi connectivity index (χ2v) is 7.34. The smallest absolute Gasteiger partial charge is 0.319 e. The number of nitrogens with two attached hydrogens (primary N) is 1. The Morgan fingerprint density at radius 3 is 2.54 bits per heavy atom. The summed E-state index contributed by atoms with van der Waals surface area (Å²) in [5, 5.41) is 10.3. The lowest BCUT2D eigenvalue weighted by atomic mass is 10.1. The van der Waals surface area contributed by atoms with Crippen LogP contribution in [0.15, 0.2) is 52.5 Å². The van der Waals surface area contributed by atoms with Gasteiger partial charge in [0.05, 0.1) is 4.90 Å². The first-order chi connectivity index (χ1) is 11.2. The number of anilines is 1. The largest absolute Gasteiger partial charge is 0.334 e. The first kappa shape index (κ1) is 19.9. The van der Waals surface area contributed by atoms with Gasteiger partial charge in [0.1, 0.15) is 0 Å². The monoisotopic (exact) mass is 351 g/mol. The molecule has 2 amide bonds. The molecule has 1 aromatic rings. The molecule has 0 fully saturated rings. The second kappa shape index (κ2) is 9.24. The van der Waals surface area contributed by atoms with Crippen molar-refractivity contribution in [3.05, 3.63) is 47.6 Å². The van der Waals surface area contributed by atoms with Crippen molar-refractivity contribution in [2.24, 2.45) is 5.14 Å². The number of hydrogen-bond donors (Lipinski definition) is 3. The zero-order valence-corrected chi connectivity index (χ0v) is 15.1. The molecule has 0 aliphatic heterocycles. The molecular weight excluding hydrogens is 326 g/mol. The van der Waals surface area contributed by atoms with Crippen LogP contribution in [0.4, 0.5) is 10.5 Å². The van der Waals surface area contributed by atoms with E-state index in [1.807, 2.05) is 13.0 Å². The van der Waals surface area contributed by atoms with Crippen molar-refractivity contribution in [3.63, 3.8) is 0 Å². The number of hydrogen-bond acceptors (Lipinski definition) is 3. The van der Waals surface area contributed by atoms with Crippen LogP contribution in [0, 0.1) is 0 Å². The number of allylic oxidation sites excluding steroid dienone is 3. The first-order valence-electron chi connectivity index (χ1n) is 7.65. The van der Waals surface area contributed by atoms with Crippen molar-refractivity contribution in [1.82, 2.24) is 5.32 Å². The highest BCUT2D eigenvalue weighted by Gasteiger charge is 2.09. The maximum atomic E-state index is 11.8. The molecule has 4 N–H and O–H groups in total. The number of primary sulfonamides is 1. The molecule has 0 atom stereocenters. The summed E-state index contributed by atoms with van der Waals surface area (Å²) >= 11 is 0. The van der Waals surface area contributed by atoms with E-state index in [-0.39, 0.29) is 4.90 Å². The van der Waals surface area contributed by atoms with Gasteiger partial charge in [-0.2, -0.15) is 0 Å². The molecule has 1 rings (SSSR count). The third-order valence-electron chi connectivity index (χ3n) is 3.22. The van der Waals surface area contributed by atoms with E-state index in [4.69, 9.17) is 5.14 Å². The standard InChI is InChI=1S/C17H25N3O3S/c1-13(2)6-4-7-14(3)10-11-19-17(21)20-15-8-5-9-16(12-15)24(18,22)23/h5-6,8-10,12H,4,7,11H2,1-3H3,(H2,18,22,23)(H2,19,20,21)/b14-10+. The molecule has 6 nitrogen and oxygen atoms in total.